The van der Waals surface area contributed by atoms with Crippen molar-refractivity contribution in [3.63, 3.8) is 0 Å². The van der Waals surface area contributed by atoms with E-state index in [0.717, 1.165) is 16.7 Å². The van der Waals surface area contributed by atoms with Gasteiger partial charge in [-0.2, -0.15) is 4.68 Å². The first-order valence-electron chi connectivity index (χ1n) is 8.01. The summed E-state index contributed by atoms with van der Waals surface area (Å²) in [4.78, 5) is 24.6. The summed E-state index contributed by atoms with van der Waals surface area (Å²) in [5.74, 6) is -1.89. The Balaban J connectivity index is 1.65. The predicted octanol–water partition coefficient (Wildman–Crippen LogP) is -0.0469. The highest BCUT2D eigenvalue weighted by Crippen LogP contribution is 2.47. The maximum absolute atomic E-state index is 12.9. The van der Waals surface area contributed by atoms with Crippen molar-refractivity contribution < 1.29 is 23.1 Å². The second kappa shape index (κ2) is 6.02. The van der Waals surface area contributed by atoms with Crippen LogP contribution in [0.5, 0.6) is 0 Å². The molecule has 1 amide bonds. The number of hydrogen-bond acceptors (Lipinski definition) is 8. The van der Waals surface area contributed by atoms with Crippen molar-refractivity contribution in [2.75, 3.05) is 5.75 Å². The largest absolute Gasteiger partial charge is 0.480 e. The summed E-state index contributed by atoms with van der Waals surface area (Å²) < 4.78 is 25.6. The van der Waals surface area contributed by atoms with Crippen molar-refractivity contribution in [3.8, 4) is 5.69 Å². The number of aromatic nitrogens is 4. The molecule has 27 heavy (non-hydrogen) atoms. The molecule has 1 aromatic heterocycles. The zero-order valence-electron chi connectivity index (χ0n) is 14.1. The summed E-state index contributed by atoms with van der Waals surface area (Å²) in [5.41, 5.74) is 0.693. The molecule has 3 atom stereocenters. The van der Waals surface area contributed by atoms with Gasteiger partial charge >= 0.3 is 5.97 Å². The van der Waals surface area contributed by atoms with Crippen molar-refractivity contribution in [2.24, 2.45) is 0 Å². The molecule has 10 nitrogen and oxygen atoms in total. The maximum Gasteiger partial charge on any atom is 0.328 e. The van der Waals surface area contributed by atoms with Gasteiger partial charge in [0, 0.05) is 5.75 Å². The topological polar surface area (TPSA) is 135 Å². The highest BCUT2D eigenvalue weighted by atomic mass is 32.2. The minimum atomic E-state index is -3.86. The van der Waals surface area contributed by atoms with E-state index in [-0.39, 0.29) is 12.2 Å². The molecule has 2 saturated heterocycles. The minimum absolute atomic E-state index is 0.0974. The van der Waals surface area contributed by atoms with Gasteiger partial charge in [-0.3, -0.25) is 4.79 Å². The highest BCUT2D eigenvalue weighted by molar-refractivity contribution is 8.01. The molecule has 1 N–H and O–H groups in total. The van der Waals surface area contributed by atoms with E-state index in [1.807, 2.05) is 18.2 Å². The fraction of sp³-hybridized carbons (Fsp3) is 0.400. The fourth-order valence-electron chi connectivity index (χ4n) is 3.48. The summed E-state index contributed by atoms with van der Waals surface area (Å²) in [6.45, 7) is 1.37. The van der Waals surface area contributed by atoms with E-state index in [9.17, 15) is 23.1 Å². The lowest BCUT2D eigenvalue weighted by Gasteiger charge is -2.35. The van der Waals surface area contributed by atoms with Gasteiger partial charge in [-0.1, -0.05) is 30.0 Å². The Bertz CT molecular complexity index is 1020. The number of fused-ring (bicyclic) bond motifs is 1. The lowest BCUT2D eigenvalue weighted by Crippen LogP contribution is -2.57. The van der Waals surface area contributed by atoms with Gasteiger partial charge in [0.15, 0.2) is 15.9 Å². The first-order chi connectivity index (χ1) is 12.8. The van der Waals surface area contributed by atoms with Crippen LogP contribution in [0.4, 0.5) is 0 Å². The Labute approximate surface area is 158 Å². The number of carbonyl (C=O) groups is 2. The van der Waals surface area contributed by atoms with Crippen LogP contribution in [0.2, 0.25) is 0 Å². The van der Waals surface area contributed by atoms with Crippen LogP contribution in [-0.4, -0.2) is 72.4 Å². The van der Waals surface area contributed by atoms with Crippen LogP contribution < -0.4 is 0 Å². The lowest BCUT2D eigenvalue weighted by molar-refractivity contribution is -0.157. The van der Waals surface area contributed by atoms with Crippen molar-refractivity contribution in [1.82, 2.24) is 25.1 Å². The average molecular weight is 409 g/mol. The molecule has 12 heteroatoms. The first kappa shape index (κ1) is 17.9. The summed E-state index contributed by atoms with van der Waals surface area (Å²) in [5, 5.41) is 20.3. The van der Waals surface area contributed by atoms with Gasteiger partial charge in [0.2, 0.25) is 11.1 Å². The van der Waals surface area contributed by atoms with E-state index in [1.165, 1.54) is 11.6 Å². The van der Waals surface area contributed by atoms with E-state index < -0.39 is 37.9 Å². The monoisotopic (exact) mass is 409 g/mol. The molecule has 142 valence electrons. The zero-order chi connectivity index (χ0) is 19.4. The molecule has 0 saturated carbocycles. The quantitative estimate of drug-likeness (QED) is 0.532. The Kier molecular flexibility index (Phi) is 4.00. The van der Waals surface area contributed by atoms with Crippen molar-refractivity contribution in [2.45, 2.75) is 34.7 Å². The van der Waals surface area contributed by atoms with Crippen LogP contribution in [-0.2, 0) is 19.4 Å². The smallest absolute Gasteiger partial charge is 0.328 e. The third kappa shape index (κ3) is 2.46. The van der Waals surface area contributed by atoms with Crippen LogP contribution in [0, 0.1) is 0 Å². The second-order valence-electron chi connectivity index (χ2n) is 6.56. The van der Waals surface area contributed by atoms with E-state index >= 15 is 0 Å². The Morgan fingerprint density at radius 2 is 2.07 bits per heavy atom. The van der Waals surface area contributed by atoms with Crippen molar-refractivity contribution in [3.05, 3.63) is 30.3 Å². The van der Waals surface area contributed by atoms with Crippen molar-refractivity contribution >= 4 is 33.5 Å². The zero-order valence-corrected chi connectivity index (χ0v) is 15.7. The molecule has 0 spiro atoms. The third-order valence-corrected chi connectivity index (χ3v) is 9.19. The number of carbonyl (C=O) groups excluding carboxylic acids is 1. The maximum atomic E-state index is 12.9. The molecule has 1 aromatic carbocycles. The number of β-lactam (4-membered cyclic amide) rings is 1. The number of hydrogen-bond donors (Lipinski definition) is 1. The van der Waals surface area contributed by atoms with Gasteiger partial charge in [-0.25, -0.2) is 13.2 Å². The number of carboxylic acids is 1. The molecule has 2 aromatic rings. The first-order valence-corrected chi connectivity index (χ1v) is 10.5. The number of sulfone groups is 1. The number of rotatable bonds is 5. The van der Waals surface area contributed by atoms with E-state index in [1.54, 1.807) is 12.1 Å². The molecule has 2 aliphatic heterocycles. The Morgan fingerprint density at radius 3 is 2.70 bits per heavy atom. The summed E-state index contributed by atoms with van der Waals surface area (Å²) >= 11 is 1.05. The number of thioether (sulfide) groups is 1. The molecule has 0 radical (unpaired) electrons. The fourth-order valence-corrected chi connectivity index (χ4v) is 7.29. The van der Waals surface area contributed by atoms with Gasteiger partial charge in [-0.15, -0.1) is 5.10 Å². The number of carboxylic acid groups (broad SMARTS) is 1. The van der Waals surface area contributed by atoms with Crippen LogP contribution in [0.25, 0.3) is 5.69 Å². The molecule has 0 aliphatic carbocycles. The minimum Gasteiger partial charge on any atom is -0.480 e. The molecular weight excluding hydrogens is 394 g/mol. The van der Waals surface area contributed by atoms with Gasteiger partial charge in [0.1, 0.15) is 10.1 Å². The predicted molar refractivity (Wildman–Crippen MR) is 93.9 cm³/mol. The van der Waals surface area contributed by atoms with Crippen LogP contribution in [0.15, 0.2) is 35.5 Å². The van der Waals surface area contributed by atoms with Gasteiger partial charge < -0.3 is 10.0 Å². The van der Waals surface area contributed by atoms with E-state index in [0.29, 0.717) is 10.8 Å². The van der Waals surface area contributed by atoms with Crippen LogP contribution >= 0.6 is 11.8 Å². The second-order valence-corrected chi connectivity index (χ2v) is 10.1. The number of benzene rings is 1. The lowest BCUT2D eigenvalue weighted by atomic mass is 9.98. The van der Waals surface area contributed by atoms with Gasteiger partial charge in [0.25, 0.3) is 0 Å². The number of aliphatic carboxylic acids is 1. The molecule has 0 bridgehead atoms. The SMILES string of the molecule is C[C@]1(CSc2nnnn2-c2ccccc2)[C@H](C(=O)O)N2C(=O)C[C@H]2S1(=O)=O. The summed E-state index contributed by atoms with van der Waals surface area (Å²) in [7, 11) is -3.86. The standard InChI is InChI=1S/C15H15N5O5S2/c1-15(12(13(22)23)19-10(21)7-11(19)27(15,24)25)8-26-14-16-17-18-20(14)9-5-3-2-4-6-9/h2-6,11-12H,7-8H2,1H3,(H,22,23)/t11-,12+,15+/m1/s1. The van der Waals surface area contributed by atoms with E-state index in [4.69, 9.17) is 0 Å². The van der Waals surface area contributed by atoms with E-state index in [2.05, 4.69) is 15.5 Å². The Morgan fingerprint density at radius 1 is 1.37 bits per heavy atom. The molecule has 4 rings (SSSR count). The van der Waals surface area contributed by atoms with Crippen LogP contribution in [0.3, 0.4) is 0 Å². The number of amides is 1. The molecule has 3 heterocycles. The average Bonchev–Trinajstić information content (AvgIpc) is 3.15. The van der Waals surface area contributed by atoms with Gasteiger partial charge in [0.05, 0.1) is 12.1 Å². The number of para-hydroxylation sites is 1. The number of nitrogens with zero attached hydrogens (tertiary/aromatic N) is 5. The number of tetrazole rings is 1. The normalized spacial score (nSPS) is 28.6. The van der Waals surface area contributed by atoms with Gasteiger partial charge in [-0.05, 0) is 29.5 Å². The highest BCUT2D eigenvalue weighted by Gasteiger charge is 2.69. The third-order valence-electron chi connectivity index (χ3n) is 4.98. The molecule has 2 aliphatic rings. The molecular formula is C15H15N5O5S2. The van der Waals surface area contributed by atoms with Crippen LogP contribution in [0.1, 0.15) is 13.3 Å². The molecule has 2 fully saturated rings. The molecule has 0 unspecified atom stereocenters. The summed E-state index contributed by atoms with van der Waals surface area (Å²) in [6.07, 6.45) is -0.172. The van der Waals surface area contributed by atoms with Crippen molar-refractivity contribution in [1.29, 1.82) is 0 Å². The Hall–Kier alpha value is -2.47. The summed E-state index contributed by atoms with van der Waals surface area (Å²) in [6, 6.07) is 7.61.